The largest absolute Gasteiger partial charge is 0.478 e. The van der Waals surface area contributed by atoms with E-state index in [4.69, 9.17) is 9.63 Å². The van der Waals surface area contributed by atoms with Gasteiger partial charge in [0.15, 0.2) is 6.33 Å². The van der Waals surface area contributed by atoms with E-state index in [1.807, 2.05) is 0 Å². The molecule has 2 aromatic heterocycles. The first kappa shape index (κ1) is 11.1. The maximum atomic E-state index is 11.5. The third kappa shape index (κ3) is 2.57. The van der Waals surface area contributed by atoms with Gasteiger partial charge in [0.2, 0.25) is 5.89 Å². The van der Waals surface area contributed by atoms with Crippen molar-refractivity contribution in [2.75, 3.05) is 0 Å². The van der Waals surface area contributed by atoms with Gasteiger partial charge in [0.05, 0.1) is 5.56 Å². The molecule has 7 heteroatoms. The van der Waals surface area contributed by atoms with Crippen LogP contribution < -0.4 is 5.56 Å². The number of hydrogen-bond donors (Lipinski definition) is 1. The predicted molar refractivity (Wildman–Crippen MR) is 55.7 cm³/mol. The number of nitrogens with zero attached hydrogens (tertiary/aromatic N) is 3. The summed E-state index contributed by atoms with van der Waals surface area (Å²) < 4.78 is 6.08. The van der Waals surface area contributed by atoms with Gasteiger partial charge in [-0.05, 0) is 6.07 Å². The quantitative estimate of drug-likeness (QED) is 0.811. The third-order valence-electron chi connectivity index (χ3n) is 2.20. The fourth-order valence-electron chi connectivity index (χ4n) is 1.35. The van der Waals surface area contributed by atoms with E-state index in [1.54, 1.807) is 0 Å². The first-order valence-corrected chi connectivity index (χ1v) is 4.86. The monoisotopic (exact) mass is 235 g/mol. The maximum Gasteiger partial charge on any atom is 0.337 e. The summed E-state index contributed by atoms with van der Waals surface area (Å²) in [5.74, 6) is -0.672. The van der Waals surface area contributed by atoms with Crippen molar-refractivity contribution in [2.24, 2.45) is 0 Å². The summed E-state index contributed by atoms with van der Waals surface area (Å²) in [4.78, 5) is 26.0. The summed E-state index contributed by atoms with van der Waals surface area (Å²) in [5.41, 5.74) is -0.204. The van der Waals surface area contributed by atoms with Gasteiger partial charge in [0.25, 0.3) is 5.56 Å². The molecule has 17 heavy (non-hydrogen) atoms. The molecule has 0 saturated carbocycles. The third-order valence-corrected chi connectivity index (χ3v) is 2.20. The van der Waals surface area contributed by atoms with E-state index in [0.717, 1.165) is 0 Å². The molecule has 0 aliphatic rings. The van der Waals surface area contributed by atoms with Crippen LogP contribution in [0.15, 0.2) is 34.0 Å². The second-order valence-electron chi connectivity index (χ2n) is 3.34. The van der Waals surface area contributed by atoms with Crippen LogP contribution in [0.3, 0.4) is 0 Å². The maximum absolute atomic E-state index is 11.5. The molecule has 0 spiro atoms. The number of hydrogen-bond acceptors (Lipinski definition) is 5. The van der Waals surface area contributed by atoms with Crippen LogP contribution in [0.5, 0.6) is 0 Å². The molecule has 7 nitrogen and oxygen atoms in total. The van der Waals surface area contributed by atoms with E-state index in [1.165, 1.54) is 29.2 Å². The van der Waals surface area contributed by atoms with Gasteiger partial charge in [0.1, 0.15) is 0 Å². The van der Waals surface area contributed by atoms with E-state index < -0.39 is 5.97 Å². The predicted octanol–water partition coefficient (Wildman–Crippen LogP) is 0.172. The number of aryl methyl sites for hydroxylation is 2. The average Bonchev–Trinajstić information content (AvgIpc) is 2.80. The SMILES string of the molecule is O=C(O)c1ccc(=O)n(CCc2ncno2)c1. The Kier molecular flexibility index (Phi) is 2.99. The zero-order chi connectivity index (χ0) is 12.3. The van der Waals surface area contributed by atoms with Gasteiger partial charge in [-0.3, -0.25) is 4.79 Å². The van der Waals surface area contributed by atoms with Crippen molar-refractivity contribution in [3.63, 3.8) is 0 Å². The van der Waals surface area contributed by atoms with Gasteiger partial charge in [0, 0.05) is 25.2 Å². The van der Waals surface area contributed by atoms with Gasteiger partial charge in [-0.25, -0.2) is 4.79 Å². The first-order valence-electron chi connectivity index (χ1n) is 4.86. The number of carboxylic acids is 1. The Morgan fingerprint density at radius 2 is 2.29 bits per heavy atom. The molecule has 2 aromatic rings. The van der Waals surface area contributed by atoms with Gasteiger partial charge in [-0.15, -0.1) is 0 Å². The minimum Gasteiger partial charge on any atom is -0.478 e. The fraction of sp³-hybridized carbons (Fsp3) is 0.200. The number of aromatic carboxylic acids is 1. The fourth-order valence-corrected chi connectivity index (χ4v) is 1.35. The lowest BCUT2D eigenvalue weighted by Gasteiger charge is -2.04. The molecule has 0 bridgehead atoms. The molecule has 0 aromatic carbocycles. The Labute approximate surface area is 95.3 Å². The molecular weight excluding hydrogens is 226 g/mol. The summed E-state index contributed by atoms with van der Waals surface area (Å²) in [7, 11) is 0. The molecule has 0 aliphatic carbocycles. The average molecular weight is 235 g/mol. The molecule has 0 aliphatic heterocycles. The Morgan fingerprint density at radius 3 is 2.94 bits per heavy atom. The van der Waals surface area contributed by atoms with Crippen molar-refractivity contribution in [2.45, 2.75) is 13.0 Å². The van der Waals surface area contributed by atoms with Crippen molar-refractivity contribution < 1.29 is 14.4 Å². The molecular formula is C10H9N3O4. The molecule has 0 amide bonds. The Morgan fingerprint density at radius 1 is 1.47 bits per heavy atom. The lowest BCUT2D eigenvalue weighted by Crippen LogP contribution is -2.21. The van der Waals surface area contributed by atoms with Crippen LogP contribution in [-0.2, 0) is 13.0 Å². The van der Waals surface area contributed by atoms with Crippen LogP contribution in [0.4, 0.5) is 0 Å². The molecule has 2 heterocycles. The zero-order valence-electron chi connectivity index (χ0n) is 8.74. The van der Waals surface area contributed by atoms with Crippen molar-refractivity contribution in [3.05, 3.63) is 46.5 Å². The number of rotatable bonds is 4. The Hall–Kier alpha value is -2.44. The van der Waals surface area contributed by atoms with Gasteiger partial charge >= 0.3 is 5.97 Å². The molecule has 0 atom stereocenters. The minimum atomic E-state index is -1.07. The normalized spacial score (nSPS) is 10.4. The highest BCUT2D eigenvalue weighted by Crippen LogP contribution is 1.98. The number of pyridine rings is 1. The molecule has 2 rings (SSSR count). The van der Waals surface area contributed by atoms with Crippen LogP contribution in [0.1, 0.15) is 16.2 Å². The van der Waals surface area contributed by atoms with Crippen molar-refractivity contribution >= 4 is 5.97 Å². The molecule has 0 fully saturated rings. The van der Waals surface area contributed by atoms with E-state index in [0.29, 0.717) is 18.9 Å². The summed E-state index contributed by atoms with van der Waals surface area (Å²) in [5, 5.41) is 12.2. The van der Waals surface area contributed by atoms with Gasteiger partial charge in [-0.2, -0.15) is 4.98 Å². The lowest BCUT2D eigenvalue weighted by molar-refractivity contribution is 0.0696. The van der Waals surface area contributed by atoms with E-state index in [9.17, 15) is 9.59 Å². The number of carbonyl (C=O) groups is 1. The van der Waals surface area contributed by atoms with Crippen LogP contribution in [0, 0.1) is 0 Å². The van der Waals surface area contributed by atoms with Crippen LogP contribution in [-0.4, -0.2) is 25.8 Å². The number of aromatic nitrogens is 3. The van der Waals surface area contributed by atoms with E-state index >= 15 is 0 Å². The van der Waals surface area contributed by atoms with Gasteiger partial charge < -0.3 is 14.2 Å². The van der Waals surface area contributed by atoms with E-state index in [-0.39, 0.29) is 11.1 Å². The smallest absolute Gasteiger partial charge is 0.337 e. The second-order valence-corrected chi connectivity index (χ2v) is 3.34. The lowest BCUT2D eigenvalue weighted by atomic mass is 10.3. The van der Waals surface area contributed by atoms with Crippen LogP contribution >= 0.6 is 0 Å². The second kappa shape index (κ2) is 4.60. The molecule has 0 saturated heterocycles. The molecule has 1 N–H and O–H groups in total. The van der Waals surface area contributed by atoms with Crippen LogP contribution in [0.2, 0.25) is 0 Å². The van der Waals surface area contributed by atoms with Crippen LogP contribution in [0.25, 0.3) is 0 Å². The number of carboxylic acid groups (broad SMARTS) is 1. The minimum absolute atomic E-state index is 0.0649. The Balaban J connectivity index is 2.17. The first-order chi connectivity index (χ1) is 8.16. The molecule has 0 unspecified atom stereocenters. The highest BCUT2D eigenvalue weighted by Gasteiger charge is 2.06. The molecule has 0 radical (unpaired) electrons. The topological polar surface area (TPSA) is 98.2 Å². The highest BCUT2D eigenvalue weighted by atomic mass is 16.5. The molecule has 88 valence electrons. The van der Waals surface area contributed by atoms with Crippen molar-refractivity contribution in [1.29, 1.82) is 0 Å². The van der Waals surface area contributed by atoms with Crippen molar-refractivity contribution in [1.82, 2.24) is 14.7 Å². The summed E-state index contributed by atoms with van der Waals surface area (Å²) in [6.45, 7) is 0.294. The Bertz CT molecular complexity index is 573. The zero-order valence-corrected chi connectivity index (χ0v) is 8.74. The standard InChI is InChI=1S/C10H9N3O4/c14-9-2-1-7(10(15)16)5-13(9)4-3-8-11-6-12-17-8/h1-2,5-6H,3-4H2,(H,15,16). The highest BCUT2D eigenvalue weighted by molar-refractivity contribution is 5.87. The summed E-state index contributed by atoms with van der Waals surface area (Å²) >= 11 is 0. The summed E-state index contributed by atoms with van der Waals surface area (Å²) in [6, 6.07) is 2.49. The summed E-state index contributed by atoms with van der Waals surface area (Å²) in [6.07, 6.45) is 2.94. The van der Waals surface area contributed by atoms with Gasteiger partial charge in [-0.1, -0.05) is 5.16 Å². The van der Waals surface area contributed by atoms with E-state index in [2.05, 4.69) is 10.1 Å². The van der Waals surface area contributed by atoms with Crippen molar-refractivity contribution in [3.8, 4) is 0 Å².